The predicted molar refractivity (Wildman–Crippen MR) is 52.5 cm³/mol. The van der Waals surface area contributed by atoms with Crippen LogP contribution in [0.4, 0.5) is 0 Å². The molecule has 0 bridgehead atoms. The van der Waals surface area contributed by atoms with E-state index in [9.17, 15) is 9.36 Å². The van der Waals surface area contributed by atoms with E-state index < -0.39 is 25.8 Å². The van der Waals surface area contributed by atoms with Crippen LogP contribution in [0.15, 0.2) is 0 Å². The lowest BCUT2D eigenvalue weighted by molar-refractivity contribution is -0.120. The third kappa shape index (κ3) is 7.03. The van der Waals surface area contributed by atoms with Crippen molar-refractivity contribution in [1.82, 2.24) is 5.32 Å². The van der Waals surface area contributed by atoms with E-state index in [4.69, 9.17) is 15.5 Å². The van der Waals surface area contributed by atoms with Crippen LogP contribution in [0.25, 0.3) is 0 Å². The Hall–Kier alpha value is -0.420. The van der Waals surface area contributed by atoms with Gasteiger partial charge in [0.1, 0.15) is 0 Å². The molecule has 5 N–H and O–H groups in total. The van der Waals surface area contributed by atoms with Crippen molar-refractivity contribution in [2.45, 2.75) is 26.3 Å². The van der Waals surface area contributed by atoms with Crippen LogP contribution in [0.3, 0.4) is 0 Å². The predicted octanol–water partition coefficient (Wildman–Crippen LogP) is -0.389. The average molecular weight is 224 g/mol. The van der Waals surface area contributed by atoms with E-state index in [-0.39, 0.29) is 5.92 Å². The van der Waals surface area contributed by atoms with Crippen LogP contribution in [0.1, 0.15) is 20.3 Å². The van der Waals surface area contributed by atoms with E-state index in [1.807, 2.05) is 13.8 Å². The van der Waals surface area contributed by atoms with Gasteiger partial charge < -0.3 is 15.5 Å². The largest absolute Gasteiger partial charge is 0.368 e. The molecule has 7 heteroatoms. The first kappa shape index (κ1) is 13.6. The molecule has 1 amide bonds. The summed E-state index contributed by atoms with van der Waals surface area (Å²) in [7, 11) is -4.12. The Morgan fingerprint density at radius 1 is 1.50 bits per heavy atom. The zero-order chi connectivity index (χ0) is 11.4. The molecule has 0 saturated heterocycles. The number of carbonyl (C=O) groups excluding carboxylic acids is 1. The Labute approximate surface area is 83.0 Å². The van der Waals surface area contributed by atoms with Crippen LogP contribution in [-0.2, 0) is 9.36 Å². The molecule has 84 valence electrons. The number of rotatable bonds is 6. The van der Waals surface area contributed by atoms with E-state index in [0.717, 1.165) is 0 Å². The lowest BCUT2D eigenvalue weighted by atomic mass is 10.0. The molecule has 0 aromatic heterocycles. The monoisotopic (exact) mass is 224 g/mol. The molecule has 6 nitrogen and oxygen atoms in total. The van der Waals surface area contributed by atoms with Crippen molar-refractivity contribution in [1.29, 1.82) is 0 Å². The smallest absolute Gasteiger partial charge is 0.339 e. The fourth-order valence-electron chi connectivity index (χ4n) is 1.00. The number of hydrogen-bond donors (Lipinski definition) is 4. The van der Waals surface area contributed by atoms with Crippen LogP contribution < -0.4 is 11.1 Å². The van der Waals surface area contributed by atoms with Gasteiger partial charge in [0.2, 0.25) is 5.91 Å². The number of nitrogens with two attached hydrogens (primary N) is 1. The second kappa shape index (κ2) is 5.46. The van der Waals surface area contributed by atoms with Crippen molar-refractivity contribution >= 4 is 13.5 Å². The zero-order valence-corrected chi connectivity index (χ0v) is 9.20. The standard InChI is InChI=1S/C7H17N2O4P/c1-5(2)3-6(7(8)10)9-4-14(11,12)13/h5-6,9H,3-4H2,1-2H3,(H2,8,10)(H2,11,12,13). The lowest BCUT2D eigenvalue weighted by Crippen LogP contribution is -2.42. The Balaban J connectivity index is 4.11. The molecule has 0 aliphatic carbocycles. The molecular weight excluding hydrogens is 207 g/mol. The minimum atomic E-state index is -4.12. The Morgan fingerprint density at radius 3 is 2.29 bits per heavy atom. The highest BCUT2D eigenvalue weighted by Crippen LogP contribution is 2.32. The minimum absolute atomic E-state index is 0.233. The van der Waals surface area contributed by atoms with Gasteiger partial charge in [-0.25, -0.2) is 0 Å². The highest BCUT2D eigenvalue weighted by molar-refractivity contribution is 7.51. The molecule has 1 unspecified atom stereocenters. The van der Waals surface area contributed by atoms with Gasteiger partial charge in [-0.3, -0.25) is 14.7 Å². The topological polar surface area (TPSA) is 113 Å². The van der Waals surface area contributed by atoms with Crippen molar-refractivity contribution in [2.75, 3.05) is 6.29 Å². The van der Waals surface area contributed by atoms with E-state index >= 15 is 0 Å². The Kier molecular flexibility index (Phi) is 5.29. The first-order valence-corrected chi connectivity index (χ1v) is 6.09. The number of primary amides is 1. The van der Waals surface area contributed by atoms with E-state index in [2.05, 4.69) is 5.32 Å². The van der Waals surface area contributed by atoms with Gasteiger partial charge >= 0.3 is 7.60 Å². The van der Waals surface area contributed by atoms with E-state index in [0.29, 0.717) is 6.42 Å². The van der Waals surface area contributed by atoms with Crippen molar-refractivity contribution in [3.63, 3.8) is 0 Å². The molecule has 0 aromatic carbocycles. The molecule has 0 aliphatic heterocycles. The molecule has 0 spiro atoms. The third-order valence-electron chi connectivity index (χ3n) is 1.59. The van der Waals surface area contributed by atoms with Gasteiger partial charge in [0.15, 0.2) is 0 Å². The third-order valence-corrected chi connectivity index (χ3v) is 2.19. The number of amides is 1. The first-order chi connectivity index (χ1) is 6.22. The van der Waals surface area contributed by atoms with Crippen molar-refractivity contribution in [2.24, 2.45) is 11.7 Å². The molecular formula is C7H17N2O4P. The summed E-state index contributed by atoms with van der Waals surface area (Å²) in [5, 5.41) is 2.45. The quantitative estimate of drug-likeness (QED) is 0.459. The number of nitrogens with one attached hydrogen (secondary N) is 1. The summed E-state index contributed by atoms with van der Waals surface area (Å²) in [6.07, 6.45) is -0.0529. The van der Waals surface area contributed by atoms with Gasteiger partial charge in [0, 0.05) is 0 Å². The maximum atomic E-state index is 10.9. The number of hydrogen-bond acceptors (Lipinski definition) is 3. The van der Waals surface area contributed by atoms with Gasteiger partial charge in [-0.1, -0.05) is 13.8 Å². The van der Waals surface area contributed by atoms with Gasteiger partial charge in [-0.2, -0.15) is 0 Å². The number of carbonyl (C=O) groups is 1. The fourth-order valence-corrected chi connectivity index (χ4v) is 1.46. The second-order valence-corrected chi connectivity index (χ2v) is 5.26. The molecule has 0 aliphatic rings. The highest BCUT2D eigenvalue weighted by atomic mass is 31.2. The van der Waals surface area contributed by atoms with Crippen molar-refractivity contribution in [3.8, 4) is 0 Å². The summed E-state index contributed by atoms with van der Waals surface area (Å²) in [5.41, 5.74) is 5.06. The highest BCUT2D eigenvalue weighted by Gasteiger charge is 2.20. The summed E-state index contributed by atoms with van der Waals surface area (Å²) in [6, 6.07) is -0.678. The van der Waals surface area contributed by atoms with Crippen LogP contribution >= 0.6 is 7.60 Å². The van der Waals surface area contributed by atoms with Crippen molar-refractivity contribution < 1.29 is 19.1 Å². The molecule has 1 atom stereocenters. The summed E-state index contributed by atoms with van der Waals surface area (Å²) in [4.78, 5) is 28.0. The normalized spacial score (nSPS) is 14.4. The van der Waals surface area contributed by atoms with Gasteiger partial charge in [-0.05, 0) is 12.3 Å². The minimum Gasteiger partial charge on any atom is -0.368 e. The Morgan fingerprint density at radius 2 is 2.00 bits per heavy atom. The maximum Gasteiger partial charge on any atom is 0.339 e. The molecule has 0 rings (SSSR count). The van der Waals surface area contributed by atoms with Crippen LogP contribution in [0.2, 0.25) is 0 Å². The summed E-state index contributed by atoms with van der Waals surface area (Å²) in [6.45, 7) is 3.80. The van der Waals surface area contributed by atoms with Gasteiger partial charge in [0.25, 0.3) is 0 Å². The molecule has 0 saturated carbocycles. The zero-order valence-electron chi connectivity index (χ0n) is 8.30. The van der Waals surface area contributed by atoms with Crippen LogP contribution in [-0.4, -0.2) is 28.0 Å². The summed E-state index contributed by atoms with van der Waals surface area (Å²) < 4.78 is 10.5. The SMILES string of the molecule is CC(C)CC(NCP(=O)(O)O)C(N)=O. The van der Waals surface area contributed by atoms with E-state index in [1.54, 1.807) is 0 Å². The van der Waals surface area contributed by atoms with Gasteiger partial charge in [-0.15, -0.1) is 0 Å². The second-order valence-electron chi connectivity index (χ2n) is 3.61. The van der Waals surface area contributed by atoms with E-state index in [1.165, 1.54) is 0 Å². The lowest BCUT2D eigenvalue weighted by Gasteiger charge is -2.17. The first-order valence-electron chi connectivity index (χ1n) is 4.29. The maximum absolute atomic E-state index is 10.9. The average Bonchev–Trinajstić information content (AvgIpc) is 1.94. The molecule has 0 fully saturated rings. The summed E-state index contributed by atoms with van der Waals surface area (Å²) in [5.74, 6) is -0.357. The molecule has 14 heavy (non-hydrogen) atoms. The van der Waals surface area contributed by atoms with Crippen molar-refractivity contribution in [3.05, 3.63) is 0 Å². The van der Waals surface area contributed by atoms with Crippen LogP contribution in [0, 0.1) is 5.92 Å². The van der Waals surface area contributed by atoms with Gasteiger partial charge in [0.05, 0.1) is 12.3 Å². The van der Waals surface area contributed by atoms with Crippen LogP contribution in [0.5, 0.6) is 0 Å². The molecule has 0 aromatic rings. The molecule has 0 radical (unpaired) electrons. The summed E-state index contributed by atoms with van der Waals surface area (Å²) >= 11 is 0. The fraction of sp³-hybridized carbons (Fsp3) is 0.857. The molecule has 0 heterocycles. The Bertz CT molecular complexity index is 238.